The monoisotopic (exact) mass is 237 g/mol. The molecule has 17 heavy (non-hydrogen) atoms. The van der Waals surface area contributed by atoms with Crippen LogP contribution in [0.2, 0.25) is 0 Å². The van der Waals surface area contributed by atoms with Crippen LogP contribution in [-0.4, -0.2) is 25.2 Å². The minimum absolute atomic E-state index is 0.112. The molecule has 1 aliphatic heterocycles. The molecule has 4 nitrogen and oxygen atoms in total. The third kappa shape index (κ3) is 6.79. The van der Waals surface area contributed by atoms with Gasteiger partial charge in [-0.15, -0.1) is 6.58 Å². The molecule has 0 aliphatic carbocycles. The van der Waals surface area contributed by atoms with Gasteiger partial charge in [0.25, 0.3) is 0 Å². The topological polar surface area (TPSA) is 53.2 Å². The van der Waals surface area contributed by atoms with Crippen LogP contribution in [0.4, 0.5) is 4.79 Å². The van der Waals surface area contributed by atoms with Gasteiger partial charge in [-0.1, -0.05) is 12.2 Å². The Balaban J connectivity index is 2.05. The number of allylic oxidation sites excluding steroid dienone is 2. The molecule has 0 aromatic rings. The van der Waals surface area contributed by atoms with Crippen molar-refractivity contribution in [2.24, 2.45) is 0 Å². The van der Waals surface area contributed by atoms with E-state index in [1.165, 1.54) is 0 Å². The van der Waals surface area contributed by atoms with Crippen molar-refractivity contribution in [3.8, 4) is 0 Å². The van der Waals surface area contributed by atoms with E-state index in [4.69, 9.17) is 0 Å². The Morgan fingerprint density at radius 3 is 3.06 bits per heavy atom. The summed E-state index contributed by atoms with van der Waals surface area (Å²) in [6, 6.07) is 0.150. The number of rotatable bonds is 6. The van der Waals surface area contributed by atoms with Crippen molar-refractivity contribution in [2.45, 2.75) is 38.1 Å². The van der Waals surface area contributed by atoms with Crippen LogP contribution in [0.1, 0.15) is 32.1 Å². The second kappa shape index (κ2) is 8.82. The van der Waals surface area contributed by atoms with Crippen molar-refractivity contribution in [1.29, 1.82) is 0 Å². The van der Waals surface area contributed by atoms with E-state index < -0.39 is 0 Å². The molecule has 2 amide bonds. The van der Waals surface area contributed by atoms with Crippen LogP contribution in [0.25, 0.3) is 0 Å². The maximum atomic E-state index is 11.5. The fourth-order valence-corrected chi connectivity index (χ4v) is 1.80. The summed E-state index contributed by atoms with van der Waals surface area (Å²) < 4.78 is 0. The van der Waals surface area contributed by atoms with E-state index in [0.717, 1.165) is 45.2 Å². The number of urea groups is 1. The third-order valence-electron chi connectivity index (χ3n) is 2.74. The van der Waals surface area contributed by atoms with Crippen molar-refractivity contribution >= 4 is 6.03 Å². The zero-order chi connectivity index (χ0) is 12.3. The summed E-state index contributed by atoms with van der Waals surface area (Å²) in [6.07, 6.45) is 10.9. The van der Waals surface area contributed by atoms with E-state index in [0.29, 0.717) is 0 Å². The first-order chi connectivity index (χ1) is 8.33. The predicted octanol–water partition coefficient (Wildman–Crippen LogP) is 1.91. The van der Waals surface area contributed by atoms with E-state index in [1.54, 1.807) is 6.20 Å². The van der Waals surface area contributed by atoms with Crippen molar-refractivity contribution in [3.05, 3.63) is 24.9 Å². The van der Waals surface area contributed by atoms with Crippen LogP contribution < -0.4 is 16.0 Å². The van der Waals surface area contributed by atoms with Gasteiger partial charge in [-0.05, 0) is 38.6 Å². The molecular formula is C13H23N3O. The van der Waals surface area contributed by atoms with Crippen LogP contribution in [-0.2, 0) is 0 Å². The van der Waals surface area contributed by atoms with Crippen LogP contribution in [0.15, 0.2) is 24.9 Å². The molecule has 0 aromatic carbocycles. The quantitative estimate of drug-likeness (QED) is 0.488. The van der Waals surface area contributed by atoms with E-state index in [9.17, 15) is 4.79 Å². The Hall–Kier alpha value is -1.29. The second-order valence-electron chi connectivity index (χ2n) is 4.28. The Bertz CT molecular complexity index is 257. The summed E-state index contributed by atoms with van der Waals surface area (Å²) in [6.45, 7) is 5.59. The fraction of sp³-hybridized carbons (Fsp3) is 0.615. The first-order valence-electron chi connectivity index (χ1n) is 6.36. The first kappa shape index (κ1) is 13.8. The number of carbonyl (C=O) groups excluding carboxylic acids is 1. The maximum Gasteiger partial charge on any atom is 0.319 e. The molecule has 4 heteroatoms. The fourth-order valence-electron chi connectivity index (χ4n) is 1.80. The van der Waals surface area contributed by atoms with Crippen molar-refractivity contribution in [3.63, 3.8) is 0 Å². The number of amides is 2. The van der Waals surface area contributed by atoms with Crippen LogP contribution in [0.5, 0.6) is 0 Å². The van der Waals surface area contributed by atoms with Crippen molar-refractivity contribution < 1.29 is 4.79 Å². The van der Waals surface area contributed by atoms with E-state index in [1.807, 2.05) is 12.2 Å². The molecule has 0 spiro atoms. The van der Waals surface area contributed by atoms with Gasteiger partial charge in [0.1, 0.15) is 0 Å². The number of hydrogen-bond donors (Lipinski definition) is 3. The normalized spacial score (nSPS) is 20.1. The van der Waals surface area contributed by atoms with Gasteiger partial charge >= 0.3 is 6.03 Å². The Morgan fingerprint density at radius 2 is 2.35 bits per heavy atom. The summed E-state index contributed by atoms with van der Waals surface area (Å²) >= 11 is 0. The van der Waals surface area contributed by atoms with E-state index in [2.05, 4.69) is 22.5 Å². The average molecular weight is 237 g/mol. The maximum absolute atomic E-state index is 11.5. The van der Waals surface area contributed by atoms with Crippen molar-refractivity contribution in [1.82, 2.24) is 16.0 Å². The lowest BCUT2D eigenvalue weighted by Gasteiger charge is -2.23. The standard InChI is InChI=1S/C13H23N3O/c1-2-3-4-5-6-10-15-13(17)16-12-8-7-9-14-11-12/h2,6,10,12,14H,1,3-5,7-9,11H2,(H2,15,16,17)/b10-6+. The van der Waals surface area contributed by atoms with Gasteiger partial charge in [-0.3, -0.25) is 0 Å². The molecule has 1 saturated heterocycles. The Morgan fingerprint density at radius 1 is 1.47 bits per heavy atom. The summed E-state index contributed by atoms with van der Waals surface area (Å²) in [5.41, 5.74) is 0. The average Bonchev–Trinajstić information content (AvgIpc) is 2.35. The molecule has 1 fully saturated rings. The lowest BCUT2D eigenvalue weighted by Crippen LogP contribution is -2.48. The zero-order valence-corrected chi connectivity index (χ0v) is 10.4. The van der Waals surface area contributed by atoms with Crippen LogP contribution in [0.3, 0.4) is 0 Å². The molecular weight excluding hydrogens is 214 g/mol. The first-order valence-corrected chi connectivity index (χ1v) is 6.36. The number of hydrogen-bond acceptors (Lipinski definition) is 2. The second-order valence-corrected chi connectivity index (χ2v) is 4.28. The predicted molar refractivity (Wildman–Crippen MR) is 70.7 cm³/mol. The minimum Gasteiger partial charge on any atom is -0.334 e. The highest BCUT2D eigenvalue weighted by atomic mass is 16.2. The van der Waals surface area contributed by atoms with Gasteiger partial charge in [-0.25, -0.2) is 4.79 Å². The lowest BCUT2D eigenvalue weighted by molar-refractivity contribution is 0.237. The number of nitrogens with one attached hydrogen (secondary N) is 3. The largest absolute Gasteiger partial charge is 0.334 e. The molecule has 1 heterocycles. The van der Waals surface area contributed by atoms with Gasteiger partial charge in [0.05, 0.1) is 0 Å². The number of piperidine rings is 1. The van der Waals surface area contributed by atoms with Gasteiger partial charge in [0, 0.05) is 18.8 Å². The van der Waals surface area contributed by atoms with Crippen LogP contribution >= 0.6 is 0 Å². The molecule has 96 valence electrons. The summed E-state index contributed by atoms with van der Waals surface area (Å²) in [7, 11) is 0. The molecule has 1 aliphatic rings. The van der Waals surface area contributed by atoms with E-state index >= 15 is 0 Å². The van der Waals surface area contributed by atoms with Gasteiger partial charge < -0.3 is 16.0 Å². The highest BCUT2D eigenvalue weighted by molar-refractivity contribution is 5.75. The number of carbonyl (C=O) groups is 1. The zero-order valence-electron chi connectivity index (χ0n) is 10.4. The summed E-state index contributed by atoms with van der Waals surface area (Å²) in [5, 5.41) is 8.92. The van der Waals surface area contributed by atoms with Crippen molar-refractivity contribution in [2.75, 3.05) is 13.1 Å². The van der Waals surface area contributed by atoms with E-state index in [-0.39, 0.29) is 12.1 Å². The van der Waals surface area contributed by atoms with Gasteiger partial charge in [0.2, 0.25) is 0 Å². The molecule has 1 rings (SSSR count). The Labute approximate surface area is 104 Å². The Kier molecular flexibility index (Phi) is 7.14. The molecule has 3 N–H and O–H groups in total. The van der Waals surface area contributed by atoms with Gasteiger partial charge in [0.15, 0.2) is 0 Å². The molecule has 0 radical (unpaired) electrons. The van der Waals surface area contributed by atoms with Gasteiger partial charge in [-0.2, -0.15) is 0 Å². The molecule has 0 aromatic heterocycles. The summed E-state index contributed by atoms with van der Waals surface area (Å²) in [4.78, 5) is 11.5. The molecule has 0 saturated carbocycles. The molecule has 1 unspecified atom stereocenters. The highest BCUT2D eigenvalue weighted by Gasteiger charge is 2.13. The molecule has 0 bridgehead atoms. The third-order valence-corrected chi connectivity index (χ3v) is 2.74. The smallest absolute Gasteiger partial charge is 0.319 e. The van der Waals surface area contributed by atoms with Crippen LogP contribution in [0, 0.1) is 0 Å². The minimum atomic E-state index is -0.112. The lowest BCUT2D eigenvalue weighted by atomic mass is 10.1. The SMILES string of the molecule is C=CCCC/C=C/NC(=O)NC1CCCNC1. The molecule has 1 atom stereocenters. The number of unbranched alkanes of at least 4 members (excludes halogenated alkanes) is 2. The summed E-state index contributed by atoms with van der Waals surface area (Å²) in [5.74, 6) is 0. The highest BCUT2D eigenvalue weighted by Crippen LogP contribution is 2.00.